The maximum Gasteiger partial charge on any atom is 0.271 e. The van der Waals surface area contributed by atoms with E-state index in [4.69, 9.17) is 28.6 Å². The smallest absolute Gasteiger partial charge is 0.271 e. The molecule has 0 atom stereocenters. The highest BCUT2D eigenvalue weighted by atomic mass is 35.5. The number of carbonyl (C=O) groups excluding carboxylic acids is 1. The maximum atomic E-state index is 12.3. The number of rotatable bonds is 9. The van der Waals surface area contributed by atoms with Crippen molar-refractivity contribution in [3.8, 4) is 5.75 Å². The summed E-state index contributed by atoms with van der Waals surface area (Å²) in [6, 6.07) is 10.7. The molecule has 0 fully saturated rings. The molecule has 2 N–H and O–H groups in total. The summed E-state index contributed by atoms with van der Waals surface area (Å²) >= 11 is 11.1. The van der Waals surface area contributed by atoms with Crippen LogP contribution >= 0.6 is 23.8 Å². The average molecular weight is 436 g/mol. The third-order valence-corrected chi connectivity index (χ3v) is 4.54. The monoisotopic (exact) mass is 435 g/mol. The fraction of sp³-hybridized carbons (Fsp3) is 0.300. The summed E-state index contributed by atoms with van der Waals surface area (Å²) in [7, 11) is 0. The van der Waals surface area contributed by atoms with Crippen molar-refractivity contribution < 1.29 is 14.5 Å². The van der Waals surface area contributed by atoms with Gasteiger partial charge in [0.1, 0.15) is 5.75 Å². The Bertz CT molecular complexity index is 875. The topological polar surface area (TPSA) is 93.5 Å². The number of hydrogen-bond donors (Lipinski definition) is 2. The summed E-state index contributed by atoms with van der Waals surface area (Å²) < 4.78 is 5.65. The first-order valence-corrected chi connectivity index (χ1v) is 9.98. The van der Waals surface area contributed by atoms with Crippen LogP contribution in [0.15, 0.2) is 42.5 Å². The quantitative estimate of drug-likeness (QED) is 0.239. The summed E-state index contributed by atoms with van der Waals surface area (Å²) in [4.78, 5) is 22.5. The lowest BCUT2D eigenvalue weighted by Gasteiger charge is -2.11. The van der Waals surface area contributed by atoms with E-state index in [9.17, 15) is 14.9 Å². The number of ether oxygens (including phenoxy) is 1. The number of nitro benzene ring substituents is 1. The van der Waals surface area contributed by atoms with Crippen LogP contribution in [0.2, 0.25) is 5.02 Å². The minimum Gasteiger partial charge on any atom is -0.494 e. The largest absolute Gasteiger partial charge is 0.494 e. The molecule has 0 saturated heterocycles. The average Bonchev–Trinajstić information content (AvgIpc) is 2.69. The Morgan fingerprint density at radius 2 is 1.90 bits per heavy atom. The SMILES string of the molecule is CCCCCCOc1ccc(C(=O)NC(=S)Nc2ccc([N+](=O)[O-])cc2Cl)cc1. The first kappa shape index (κ1) is 22.6. The molecule has 2 aromatic carbocycles. The van der Waals surface area contributed by atoms with E-state index >= 15 is 0 Å². The zero-order chi connectivity index (χ0) is 21.2. The third kappa shape index (κ3) is 7.32. The van der Waals surface area contributed by atoms with Crippen LogP contribution in [0.1, 0.15) is 43.0 Å². The van der Waals surface area contributed by atoms with E-state index in [1.165, 1.54) is 31.0 Å². The van der Waals surface area contributed by atoms with E-state index in [0.717, 1.165) is 12.8 Å². The molecule has 1 amide bonds. The standard InChI is InChI=1S/C20H22ClN3O4S/c1-2-3-4-5-12-28-16-9-6-14(7-10-16)19(25)23-20(29)22-18-11-8-15(24(26)27)13-17(18)21/h6-11,13H,2-5,12H2,1H3,(H2,22,23,25,29). The lowest BCUT2D eigenvalue weighted by atomic mass is 10.2. The number of amides is 1. The van der Waals surface area contributed by atoms with Gasteiger partial charge in [0.05, 0.1) is 22.2 Å². The van der Waals surface area contributed by atoms with Gasteiger partial charge >= 0.3 is 0 Å². The lowest BCUT2D eigenvalue weighted by molar-refractivity contribution is -0.384. The third-order valence-electron chi connectivity index (χ3n) is 4.02. The summed E-state index contributed by atoms with van der Waals surface area (Å²) in [6.45, 7) is 2.81. The fourth-order valence-electron chi connectivity index (χ4n) is 2.47. The highest BCUT2D eigenvalue weighted by molar-refractivity contribution is 7.80. The molecule has 0 spiro atoms. The molecule has 0 saturated carbocycles. The molecule has 29 heavy (non-hydrogen) atoms. The summed E-state index contributed by atoms with van der Waals surface area (Å²) in [5, 5.41) is 16.2. The number of anilines is 1. The number of nitro groups is 1. The van der Waals surface area contributed by atoms with Crippen molar-refractivity contribution in [2.24, 2.45) is 0 Å². The van der Waals surface area contributed by atoms with Gasteiger partial charge in [-0.3, -0.25) is 20.2 Å². The van der Waals surface area contributed by atoms with Gasteiger partial charge in [0.15, 0.2) is 5.11 Å². The van der Waals surface area contributed by atoms with Crippen molar-refractivity contribution in [2.75, 3.05) is 11.9 Å². The molecule has 0 aromatic heterocycles. The predicted octanol–water partition coefficient (Wildman–Crippen LogP) is 5.33. The van der Waals surface area contributed by atoms with Crippen LogP contribution in [0.5, 0.6) is 5.75 Å². The molecule has 0 radical (unpaired) electrons. The van der Waals surface area contributed by atoms with E-state index in [1.54, 1.807) is 24.3 Å². The van der Waals surface area contributed by atoms with Crippen LogP contribution in [-0.4, -0.2) is 22.5 Å². The van der Waals surface area contributed by atoms with Gasteiger partial charge in [-0.1, -0.05) is 37.8 Å². The van der Waals surface area contributed by atoms with Crippen LogP contribution < -0.4 is 15.4 Å². The molecule has 2 aromatic rings. The van der Waals surface area contributed by atoms with Gasteiger partial charge in [-0.2, -0.15) is 0 Å². The van der Waals surface area contributed by atoms with E-state index in [1.807, 2.05) is 0 Å². The first-order valence-electron chi connectivity index (χ1n) is 9.20. The zero-order valence-corrected chi connectivity index (χ0v) is 17.5. The number of thiocarbonyl (C=S) groups is 1. The van der Waals surface area contributed by atoms with Gasteiger partial charge in [-0.15, -0.1) is 0 Å². The summed E-state index contributed by atoms with van der Waals surface area (Å²) in [5.74, 6) is 0.312. The molecule has 2 rings (SSSR count). The second kappa shape index (κ2) is 11.3. The lowest BCUT2D eigenvalue weighted by Crippen LogP contribution is -2.34. The predicted molar refractivity (Wildman–Crippen MR) is 118 cm³/mol. The number of hydrogen-bond acceptors (Lipinski definition) is 5. The van der Waals surface area contributed by atoms with Crippen molar-refractivity contribution in [3.63, 3.8) is 0 Å². The van der Waals surface area contributed by atoms with E-state index < -0.39 is 10.8 Å². The van der Waals surface area contributed by atoms with E-state index in [-0.39, 0.29) is 15.8 Å². The van der Waals surface area contributed by atoms with Crippen molar-refractivity contribution in [2.45, 2.75) is 32.6 Å². The number of carbonyl (C=O) groups is 1. The van der Waals surface area contributed by atoms with Gasteiger partial charge in [-0.05, 0) is 49.0 Å². The number of benzene rings is 2. The molecular weight excluding hydrogens is 414 g/mol. The van der Waals surface area contributed by atoms with Crippen LogP contribution in [0.25, 0.3) is 0 Å². The van der Waals surface area contributed by atoms with Crippen LogP contribution in [0, 0.1) is 10.1 Å². The number of nitrogens with one attached hydrogen (secondary N) is 2. The second-order valence-electron chi connectivity index (χ2n) is 6.26. The highest BCUT2D eigenvalue weighted by Gasteiger charge is 2.12. The Kier molecular flexibility index (Phi) is 8.82. The second-order valence-corrected chi connectivity index (χ2v) is 7.08. The Labute approximate surface area is 179 Å². The zero-order valence-electron chi connectivity index (χ0n) is 15.9. The molecular formula is C20H22ClN3O4S. The molecule has 0 aliphatic carbocycles. The van der Waals surface area contributed by atoms with Gasteiger partial charge < -0.3 is 10.1 Å². The van der Waals surface area contributed by atoms with Crippen molar-refractivity contribution in [3.05, 3.63) is 63.2 Å². The number of unbranched alkanes of at least 4 members (excludes halogenated alkanes) is 3. The van der Waals surface area contributed by atoms with Gasteiger partial charge in [-0.25, -0.2) is 0 Å². The van der Waals surface area contributed by atoms with E-state index in [0.29, 0.717) is 23.6 Å². The maximum absolute atomic E-state index is 12.3. The molecule has 0 aliphatic heterocycles. The van der Waals surface area contributed by atoms with E-state index in [2.05, 4.69) is 17.6 Å². The summed E-state index contributed by atoms with van der Waals surface area (Å²) in [5.41, 5.74) is 0.639. The van der Waals surface area contributed by atoms with Crippen LogP contribution in [-0.2, 0) is 0 Å². The summed E-state index contributed by atoms with van der Waals surface area (Å²) in [6.07, 6.45) is 4.51. The Morgan fingerprint density at radius 3 is 2.52 bits per heavy atom. The van der Waals surface area contributed by atoms with Gasteiger partial charge in [0, 0.05) is 17.7 Å². The number of non-ortho nitro benzene ring substituents is 1. The molecule has 0 bridgehead atoms. The van der Waals surface area contributed by atoms with Crippen molar-refractivity contribution >= 4 is 46.2 Å². The van der Waals surface area contributed by atoms with Crippen LogP contribution in [0.3, 0.4) is 0 Å². The molecule has 0 aliphatic rings. The Morgan fingerprint density at radius 1 is 1.17 bits per heavy atom. The fourth-order valence-corrected chi connectivity index (χ4v) is 2.89. The number of halogens is 1. The van der Waals surface area contributed by atoms with Crippen LogP contribution in [0.4, 0.5) is 11.4 Å². The first-order chi connectivity index (χ1) is 13.9. The Hall–Kier alpha value is -2.71. The minimum atomic E-state index is -0.547. The minimum absolute atomic E-state index is 0.0296. The van der Waals surface area contributed by atoms with Gasteiger partial charge in [0.25, 0.3) is 11.6 Å². The molecule has 0 unspecified atom stereocenters. The number of nitrogens with zero attached hydrogens (tertiary/aromatic N) is 1. The van der Waals surface area contributed by atoms with Crippen molar-refractivity contribution in [1.82, 2.24) is 5.32 Å². The Balaban J connectivity index is 1.86. The molecule has 9 heteroatoms. The normalized spacial score (nSPS) is 10.3. The van der Waals surface area contributed by atoms with Gasteiger partial charge in [0.2, 0.25) is 0 Å². The molecule has 154 valence electrons. The molecule has 0 heterocycles. The highest BCUT2D eigenvalue weighted by Crippen LogP contribution is 2.26. The van der Waals surface area contributed by atoms with Crippen molar-refractivity contribution in [1.29, 1.82) is 0 Å². The molecule has 7 nitrogen and oxygen atoms in total.